The Labute approximate surface area is 297 Å². The Hall–Kier alpha value is -5.02. The predicted octanol–water partition coefficient (Wildman–Crippen LogP) is 7.83. The average Bonchev–Trinajstić information content (AvgIpc) is 3.04. The fourth-order valence-electron chi connectivity index (χ4n) is 4.37. The third kappa shape index (κ3) is 14.0. The Morgan fingerprint density at radius 3 is 1.61 bits per heavy atom. The quantitative estimate of drug-likeness (QED) is 0.227. The van der Waals surface area contributed by atoms with Crippen LogP contribution in [0.5, 0.6) is 0 Å². The number of carbonyl (C=O) groups excluding carboxylic acids is 2. The Morgan fingerprint density at radius 1 is 0.745 bits per heavy atom. The molecular formula is C36H43F3N4O7S. The number of hydrogen-bond donors (Lipinski definition) is 0. The molecule has 0 unspecified atom stereocenters. The number of amides is 2. The molecule has 0 aromatic heterocycles. The lowest BCUT2D eigenvalue weighted by atomic mass is 9.95. The lowest BCUT2D eigenvalue weighted by Gasteiger charge is -2.29. The molecule has 2 aromatic rings. The zero-order valence-corrected chi connectivity index (χ0v) is 30.5. The topological polar surface area (TPSA) is 150 Å². The van der Waals surface area contributed by atoms with E-state index in [1.807, 2.05) is 82.3 Å². The highest BCUT2D eigenvalue weighted by atomic mass is 32.2. The van der Waals surface area contributed by atoms with E-state index in [9.17, 15) is 31.2 Å². The number of alkyl halides is 3. The van der Waals surface area contributed by atoms with Crippen LogP contribution in [0.25, 0.3) is 5.57 Å². The van der Waals surface area contributed by atoms with Gasteiger partial charge in [0.1, 0.15) is 17.0 Å². The monoisotopic (exact) mass is 732 g/mol. The highest BCUT2D eigenvalue weighted by molar-refractivity contribution is 7.87. The zero-order valence-electron chi connectivity index (χ0n) is 29.7. The minimum Gasteiger partial charge on any atom is -0.444 e. The minimum atomic E-state index is -5.67. The molecule has 0 atom stereocenters. The van der Waals surface area contributed by atoms with Crippen LogP contribution in [-0.2, 0) is 23.8 Å². The van der Waals surface area contributed by atoms with Crippen molar-refractivity contribution < 1.29 is 44.8 Å². The fraction of sp³-hybridized carbons (Fsp3) is 0.444. The summed E-state index contributed by atoms with van der Waals surface area (Å²) < 4.78 is 72.6. The molecule has 0 spiro atoms. The summed E-state index contributed by atoms with van der Waals surface area (Å²) in [5.41, 5.74) is -2.09. The van der Waals surface area contributed by atoms with Gasteiger partial charge in [0.05, 0.1) is 23.3 Å². The molecule has 51 heavy (non-hydrogen) atoms. The molecule has 2 amide bonds. The van der Waals surface area contributed by atoms with Gasteiger partial charge in [0, 0.05) is 32.6 Å². The molecule has 2 aliphatic heterocycles. The third-order valence-electron chi connectivity index (χ3n) is 6.84. The molecule has 0 N–H and O–H groups in total. The second-order valence-corrected chi connectivity index (χ2v) is 14.9. The molecule has 2 aliphatic rings. The average molecular weight is 733 g/mol. The number of aryl methyl sites for hydroxylation is 1. The van der Waals surface area contributed by atoms with Gasteiger partial charge in [-0.3, -0.25) is 0 Å². The van der Waals surface area contributed by atoms with E-state index in [2.05, 4.69) is 16.3 Å². The van der Waals surface area contributed by atoms with Gasteiger partial charge in [-0.2, -0.15) is 32.1 Å². The van der Waals surface area contributed by atoms with E-state index in [-0.39, 0.29) is 31.4 Å². The fourth-order valence-corrected chi connectivity index (χ4v) is 4.90. The largest absolute Gasteiger partial charge is 0.534 e. The smallest absolute Gasteiger partial charge is 0.444 e. The third-order valence-corrected chi connectivity index (χ3v) is 7.84. The van der Waals surface area contributed by atoms with Gasteiger partial charge in [-0.1, -0.05) is 42.5 Å². The Balaban J connectivity index is 0.000000286. The number of nitrogens with zero attached hydrogens (tertiary/aromatic N) is 4. The van der Waals surface area contributed by atoms with Crippen LogP contribution in [0.1, 0.15) is 76.6 Å². The van der Waals surface area contributed by atoms with E-state index in [0.717, 1.165) is 34.8 Å². The second kappa shape index (κ2) is 17.8. The van der Waals surface area contributed by atoms with Crippen molar-refractivity contribution in [1.29, 1.82) is 10.5 Å². The SMILES string of the molecule is CC(C)(C)OC(=O)N1CC=C(OS(=O)(=O)C(F)(F)F)CC1.CC(C)(C)OC(=O)N1CC=C(c2ccccc2C#N)CC1.Cc1ccccc1C#N. The van der Waals surface area contributed by atoms with Gasteiger partial charge in [0.25, 0.3) is 0 Å². The van der Waals surface area contributed by atoms with Crippen molar-refractivity contribution in [2.75, 3.05) is 26.2 Å². The van der Waals surface area contributed by atoms with E-state index in [1.54, 1.807) is 25.7 Å². The first-order valence-electron chi connectivity index (χ1n) is 15.9. The maximum Gasteiger partial charge on any atom is 0.534 e. The Kier molecular flexibility index (Phi) is 14.7. The van der Waals surface area contributed by atoms with Crippen molar-refractivity contribution in [1.82, 2.24) is 9.80 Å². The number of nitriles is 2. The van der Waals surface area contributed by atoms with Crippen LogP contribution in [0.3, 0.4) is 0 Å². The molecule has 0 saturated heterocycles. The van der Waals surface area contributed by atoms with Gasteiger partial charge in [-0.05, 0) is 89.8 Å². The number of rotatable bonds is 3. The molecule has 11 nitrogen and oxygen atoms in total. The molecule has 2 heterocycles. The van der Waals surface area contributed by atoms with Crippen molar-refractivity contribution in [3.63, 3.8) is 0 Å². The molecule has 0 bridgehead atoms. The Morgan fingerprint density at radius 2 is 1.22 bits per heavy atom. The zero-order chi connectivity index (χ0) is 38.6. The normalized spacial score (nSPS) is 14.8. The van der Waals surface area contributed by atoms with Crippen molar-refractivity contribution in [3.8, 4) is 12.1 Å². The molecule has 0 fully saturated rings. The van der Waals surface area contributed by atoms with E-state index in [1.165, 1.54) is 4.90 Å². The molecule has 0 radical (unpaired) electrons. The maximum absolute atomic E-state index is 12.2. The van der Waals surface area contributed by atoms with Crippen molar-refractivity contribution in [2.45, 2.75) is 78.0 Å². The van der Waals surface area contributed by atoms with Gasteiger partial charge >= 0.3 is 27.8 Å². The van der Waals surface area contributed by atoms with Gasteiger partial charge in [-0.25, -0.2) is 9.59 Å². The summed E-state index contributed by atoms with van der Waals surface area (Å²) in [5, 5.41) is 17.6. The van der Waals surface area contributed by atoms with Crippen LogP contribution in [0.15, 0.2) is 66.4 Å². The van der Waals surface area contributed by atoms with Gasteiger partial charge in [0.15, 0.2) is 0 Å². The standard InChI is InChI=1S/C17H20N2O2.C11H16F3NO5S.C8H7N/c1-17(2,3)21-16(20)19-10-8-13(9-11-19)15-7-5-4-6-14(15)12-18;1-10(2,3)19-9(16)15-6-4-8(5-7-15)20-21(17,18)11(12,13)14;1-7-4-2-3-5-8(7)6-9/h4-8H,9-11H2,1-3H3;4H,5-7H2,1-3H3;2-5H,1H3. The van der Waals surface area contributed by atoms with Crippen LogP contribution in [0, 0.1) is 29.6 Å². The van der Waals surface area contributed by atoms with Crippen molar-refractivity contribution in [3.05, 3.63) is 88.7 Å². The summed E-state index contributed by atoms with van der Waals surface area (Å²) in [6, 6.07) is 19.4. The predicted molar refractivity (Wildman–Crippen MR) is 184 cm³/mol. The molecule has 0 aliphatic carbocycles. The van der Waals surface area contributed by atoms with Crippen LogP contribution >= 0.6 is 0 Å². The Bertz CT molecular complexity index is 1800. The van der Waals surface area contributed by atoms with Crippen molar-refractivity contribution >= 4 is 27.9 Å². The van der Waals surface area contributed by atoms with Crippen molar-refractivity contribution in [2.24, 2.45) is 0 Å². The van der Waals surface area contributed by atoms with Crippen LogP contribution in [0.2, 0.25) is 0 Å². The van der Waals surface area contributed by atoms with E-state index < -0.39 is 32.9 Å². The number of carbonyl (C=O) groups is 2. The van der Waals surface area contributed by atoms with E-state index in [4.69, 9.17) is 20.0 Å². The van der Waals surface area contributed by atoms with Gasteiger partial charge < -0.3 is 23.5 Å². The summed E-state index contributed by atoms with van der Waals surface area (Å²) in [4.78, 5) is 26.6. The van der Waals surface area contributed by atoms with Gasteiger partial charge in [0.2, 0.25) is 0 Å². The van der Waals surface area contributed by atoms with E-state index >= 15 is 0 Å². The van der Waals surface area contributed by atoms with Crippen LogP contribution in [0.4, 0.5) is 22.8 Å². The molecule has 276 valence electrons. The lowest BCUT2D eigenvalue weighted by Crippen LogP contribution is -2.39. The number of benzene rings is 2. The maximum atomic E-state index is 12.2. The highest BCUT2D eigenvalue weighted by Gasteiger charge is 2.49. The summed E-state index contributed by atoms with van der Waals surface area (Å²) in [5.74, 6) is -0.341. The summed E-state index contributed by atoms with van der Waals surface area (Å²) in [6.07, 6.45) is 2.79. The number of hydrogen-bond acceptors (Lipinski definition) is 9. The first kappa shape index (κ1) is 42.1. The molecule has 0 saturated carbocycles. The molecule has 2 aromatic carbocycles. The molecular weight excluding hydrogens is 689 g/mol. The first-order valence-corrected chi connectivity index (χ1v) is 17.3. The first-order chi connectivity index (χ1) is 23.6. The lowest BCUT2D eigenvalue weighted by molar-refractivity contribution is -0.0525. The summed E-state index contributed by atoms with van der Waals surface area (Å²) in [6.45, 7) is 13.6. The summed E-state index contributed by atoms with van der Waals surface area (Å²) >= 11 is 0. The highest BCUT2D eigenvalue weighted by Crippen LogP contribution is 2.29. The minimum absolute atomic E-state index is 0.00806. The summed E-state index contributed by atoms with van der Waals surface area (Å²) in [7, 11) is -5.67. The molecule has 15 heteroatoms. The van der Waals surface area contributed by atoms with E-state index in [0.29, 0.717) is 18.7 Å². The van der Waals surface area contributed by atoms with Crippen LogP contribution in [-0.4, -0.2) is 73.3 Å². The van der Waals surface area contributed by atoms with Gasteiger partial charge in [-0.15, -0.1) is 0 Å². The molecule has 4 rings (SSSR count). The number of ether oxygens (including phenoxy) is 2. The van der Waals surface area contributed by atoms with Crippen LogP contribution < -0.4 is 0 Å². The second-order valence-electron chi connectivity index (χ2n) is 13.3. The number of halogens is 3.